The minimum Gasteiger partial charge on any atom is -0.323 e. The molecule has 1 N–H and O–H groups in total. The largest absolute Gasteiger partial charge is 0.323 e. The van der Waals surface area contributed by atoms with Crippen LogP contribution in [0.4, 0.5) is 5.69 Å². The number of carbonyl (C=O) groups excluding carboxylic acids is 1. The number of para-hydroxylation sites is 1. The number of anilines is 1. The molecule has 0 bridgehead atoms. The zero-order chi connectivity index (χ0) is 14.0. The first kappa shape index (κ1) is 14.0. The van der Waals surface area contributed by atoms with Crippen LogP contribution >= 0.6 is 15.9 Å². The maximum absolute atomic E-state index is 11.6. The van der Waals surface area contributed by atoms with Crippen LogP contribution in [0.15, 0.2) is 34.9 Å². The Hall–Kier alpha value is -1.47. The van der Waals surface area contributed by atoms with Crippen molar-refractivity contribution in [2.24, 2.45) is 0 Å². The van der Waals surface area contributed by atoms with Gasteiger partial charge in [-0.3, -0.25) is 9.78 Å². The number of benzene rings is 1. The third-order valence-corrected chi connectivity index (χ3v) is 3.57. The molecule has 1 amide bonds. The number of hydrogen-bond acceptors (Lipinski definition) is 4. The number of fused-ring (bicyclic) bond motifs is 1. The Morgan fingerprint density at radius 1 is 1.42 bits per heavy atom. The van der Waals surface area contributed by atoms with Gasteiger partial charge in [0, 0.05) is 22.3 Å². The van der Waals surface area contributed by atoms with E-state index in [-0.39, 0.29) is 0 Å². The summed E-state index contributed by atoms with van der Waals surface area (Å²) in [4.78, 5) is 15.8. The first-order valence-electron chi connectivity index (χ1n) is 5.37. The molecule has 0 saturated heterocycles. The molecule has 7 heteroatoms. The lowest BCUT2D eigenvalue weighted by molar-refractivity contribution is -0.113. The van der Waals surface area contributed by atoms with E-state index in [0.717, 1.165) is 16.1 Å². The first-order valence-corrected chi connectivity index (χ1v) is 8.22. The van der Waals surface area contributed by atoms with Gasteiger partial charge in [-0.1, -0.05) is 12.1 Å². The van der Waals surface area contributed by atoms with Crippen LogP contribution in [-0.2, 0) is 14.6 Å². The molecule has 0 spiro atoms. The maximum atomic E-state index is 11.6. The van der Waals surface area contributed by atoms with Gasteiger partial charge in [-0.2, -0.15) is 0 Å². The second-order valence-electron chi connectivity index (χ2n) is 4.15. The zero-order valence-corrected chi connectivity index (χ0v) is 12.5. The third kappa shape index (κ3) is 3.74. The summed E-state index contributed by atoms with van der Waals surface area (Å²) in [5, 5.41) is 3.42. The molecular weight excluding hydrogens is 332 g/mol. The Bertz CT molecular complexity index is 744. The highest BCUT2D eigenvalue weighted by atomic mass is 79.9. The summed E-state index contributed by atoms with van der Waals surface area (Å²) in [5.41, 5.74) is 1.12. The first-order chi connectivity index (χ1) is 8.85. The fraction of sp³-hybridized carbons (Fsp3) is 0.167. The van der Waals surface area contributed by atoms with E-state index in [1.54, 1.807) is 18.3 Å². The van der Waals surface area contributed by atoms with Crippen molar-refractivity contribution >= 4 is 48.3 Å². The van der Waals surface area contributed by atoms with Crippen molar-refractivity contribution in [2.75, 3.05) is 17.3 Å². The SMILES string of the molecule is CS(=O)(=O)CC(=O)Nc1cccc2cc(Br)cnc12. The Morgan fingerprint density at radius 2 is 2.16 bits per heavy atom. The summed E-state index contributed by atoms with van der Waals surface area (Å²) in [5.74, 6) is -1.11. The molecule has 0 aliphatic carbocycles. The molecule has 0 unspecified atom stereocenters. The van der Waals surface area contributed by atoms with Crippen molar-refractivity contribution < 1.29 is 13.2 Å². The lowest BCUT2D eigenvalue weighted by Crippen LogP contribution is -2.22. The van der Waals surface area contributed by atoms with Crippen LogP contribution < -0.4 is 5.32 Å². The summed E-state index contributed by atoms with van der Waals surface area (Å²) >= 11 is 3.32. The van der Waals surface area contributed by atoms with Gasteiger partial charge in [0.05, 0.1) is 11.2 Å². The topological polar surface area (TPSA) is 76.1 Å². The van der Waals surface area contributed by atoms with Gasteiger partial charge in [-0.15, -0.1) is 0 Å². The van der Waals surface area contributed by atoms with Gasteiger partial charge in [0.2, 0.25) is 5.91 Å². The summed E-state index contributed by atoms with van der Waals surface area (Å²) in [6.07, 6.45) is 2.64. The van der Waals surface area contributed by atoms with Crippen molar-refractivity contribution in [3.63, 3.8) is 0 Å². The Labute approximate surface area is 119 Å². The number of hydrogen-bond donors (Lipinski definition) is 1. The van der Waals surface area contributed by atoms with E-state index in [1.165, 1.54) is 0 Å². The molecule has 0 atom stereocenters. The van der Waals surface area contributed by atoms with E-state index < -0.39 is 21.5 Å². The zero-order valence-electron chi connectivity index (χ0n) is 10.1. The van der Waals surface area contributed by atoms with Crippen LogP contribution in [-0.4, -0.2) is 31.3 Å². The van der Waals surface area contributed by atoms with Gasteiger partial charge >= 0.3 is 0 Å². The average molecular weight is 343 g/mol. The summed E-state index contributed by atoms with van der Waals surface area (Å²) < 4.78 is 22.9. The Balaban J connectivity index is 2.33. The second kappa shape index (κ2) is 5.26. The molecule has 0 radical (unpaired) electrons. The third-order valence-electron chi connectivity index (χ3n) is 2.34. The van der Waals surface area contributed by atoms with E-state index >= 15 is 0 Å². The summed E-state index contributed by atoms with van der Waals surface area (Å²) in [7, 11) is -3.34. The Kier molecular flexibility index (Phi) is 3.86. The monoisotopic (exact) mass is 342 g/mol. The molecule has 0 fully saturated rings. The van der Waals surface area contributed by atoms with E-state index in [9.17, 15) is 13.2 Å². The molecule has 0 saturated carbocycles. The highest BCUT2D eigenvalue weighted by Gasteiger charge is 2.12. The molecule has 1 aromatic heterocycles. The fourth-order valence-electron chi connectivity index (χ4n) is 1.66. The van der Waals surface area contributed by atoms with E-state index in [4.69, 9.17) is 0 Å². The number of amides is 1. The fourth-order valence-corrected chi connectivity index (χ4v) is 2.56. The highest BCUT2D eigenvalue weighted by molar-refractivity contribution is 9.10. The predicted octanol–water partition coefficient (Wildman–Crippen LogP) is 1.98. The number of nitrogens with one attached hydrogen (secondary N) is 1. The van der Waals surface area contributed by atoms with Crippen molar-refractivity contribution in [1.29, 1.82) is 0 Å². The molecule has 5 nitrogen and oxygen atoms in total. The van der Waals surface area contributed by atoms with Crippen LogP contribution in [0.2, 0.25) is 0 Å². The highest BCUT2D eigenvalue weighted by Crippen LogP contribution is 2.23. The maximum Gasteiger partial charge on any atom is 0.239 e. The van der Waals surface area contributed by atoms with Crippen molar-refractivity contribution in [3.05, 3.63) is 34.9 Å². The Morgan fingerprint density at radius 3 is 2.84 bits per heavy atom. The number of carbonyl (C=O) groups is 1. The second-order valence-corrected chi connectivity index (χ2v) is 7.20. The van der Waals surface area contributed by atoms with Crippen LogP contribution in [0.3, 0.4) is 0 Å². The predicted molar refractivity (Wildman–Crippen MR) is 77.8 cm³/mol. The van der Waals surface area contributed by atoms with Crippen LogP contribution in [0.1, 0.15) is 0 Å². The molecule has 2 aromatic rings. The lowest BCUT2D eigenvalue weighted by atomic mass is 10.2. The molecule has 1 heterocycles. The van der Waals surface area contributed by atoms with Gasteiger partial charge in [0.1, 0.15) is 5.75 Å². The number of halogens is 1. The van der Waals surface area contributed by atoms with Crippen molar-refractivity contribution in [1.82, 2.24) is 4.98 Å². The molecule has 1 aromatic carbocycles. The number of pyridine rings is 1. The number of rotatable bonds is 3. The quantitative estimate of drug-likeness (QED) is 0.925. The van der Waals surface area contributed by atoms with Crippen LogP contribution in [0.25, 0.3) is 10.9 Å². The van der Waals surface area contributed by atoms with E-state index in [1.807, 2.05) is 12.1 Å². The lowest BCUT2D eigenvalue weighted by Gasteiger charge is -2.07. The molecule has 19 heavy (non-hydrogen) atoms. The van der Waals surface area contributed by atoms with E-state index in [2.05, 4.69) is 26.2 Å². The molecule has 0 aliphatic rings. The number of sulfone groups is 1. The molecule has 0 aliphatic heterocycles. The average Bonchev–Trinajstić information content (AvgIpc) is 2.26. The molecule has 100 valence electrons. The standard InChI is InChI=1S/C12H11BrN2O3S/c1-19(17,18)7-11(16)15-10-4-2-3-8-5-9(13)6-14-12(8)10/h2-6H,7H2,1H3,(H,15,16). The van der Waals surface area contributed by atoms with Gasteiger partial charge in [0.25, 0.3) is 0 Å². The van der Waals surface area contributed by atoms with Gasteiger partial charge in [-0.25, -0.2) is 8.42 Å². The minimum atomic E-state index is -3.34. The van der Waals surface area contributed by atoms with Gasteiger partial charge < -0.3 is 5.32 Å². The number of nitrogens with zero attached hydrogens (tertiary/aromatic N) is 1. The van der Waals surface area contributed by atoms with Crippen molar-refractivity contribution in [3.8, 4) is 0 Å². The summed E-state index contributed by atoms with van der Waals surface area (Å²) in [6, 6.07) is 7.18. The number of aromatic nitrogens is 1. The van der Waals surface area contributed by atoms with Crippen molar-refractivity contribution in [2.45, 2.75) is 0 Å². The van der Waals surface area contributed by atoms with E-state index in [0.29, 0.717) is 11.2 Å². The normalized spacial score (nSPS) is 11.5. The van der Waals surface area contributed by atoms with Crippen LogP contribution in [0, 0.1) is 0 Å². The van der Waals surface area contributed by atoms with Gasteiger partial charge in [-0.05, 0) is 28.1 Å². The molecular formula is C12H11BrN2O3S. The smallest absolute Gasteiger partial charge is 0.239 e. The minimum absolute atomic E-state index is 0.499. The molecule has 2 rings (SSSR count). The van der Waals surface area contributed by atoms with Gasteiger partial charge in [0.15, 0.2) is 9.84 Å². The summed E-state index contributed by atoms with van der Waals surface area (Å²) in [6.45, 7) is 0. The van der Waals surface area contributed by atoms with Crippen LogP contribution in [0.5, 0.6) is 0 Å².